The summed E-state index contributed by atoms with van der Waals surface area (Å²) < 4.78 is 4.96. The Bertz CT molecular complexity index is 295. The second-order valence-corrected chi connectivity index (χ2v) is 3.58. The zero-order valence-electron chi connectivity index (χ0n) is 8.94. The molecular formula is C10H16N4O. The van der Waals surface area contributed by atoms with Gasteiger partial charge in [-0.3, -0.25) is 9.88 Å². The molecule has 1 aliphatic heterocycles. The molecule has 0 radical (unpaired) electrons. The monoisotopic (exact) mass is 208 g/mol. The first-order chi connectivity index (χ1) is 7.38. The Kier molecular flexibility index (Phi) is 3.47. The van der Waals surface area contributed by atoms with Crippen molar-refractivity contribution in [2.24, 2.45) is 0 Å². The Hall–Kier alpha value is -1.20. The topological polar surface area (TPSA) is 50.3 Å². The third kappa shape index (κ3) is 2.87. The van der Waals surface area contributed by atoms with Crippen LogP contribution in [0.3, 0.4) is 0 Å². The maximum absolute atomic E-state index is 4.96. The highest BCUT2D eigenvalue weighted by molar-refractivity contribution is 5.06. The lowest BCUT2D eigenvalue weighted by atomic mass is 10.3. The summed E-state index contributed by atoms with van der Waals surface area (Å²) in [5.74, 6) is 0.569. The van der Waals surface area contributed by atoms with Gasteiger partial charge in [0, 0.05) is 32.7 Å². The van der Waals surface area contributed by atoms with Crippen LogP contribution in [0.15, 0.2) is 12.4 Å². The first-order valence-corrected chi connectivity index (χ1v) is 5.16. The van der Waals surface area contributed by atoms with E-state index < -0.39 is 0 Å². The summed E-state index contributed by atoms with van der Waals surface area (Å²) in [6, 6.07) is 0. The van der Waals surface area contributed by atoms with Crippen LogP contribution in [-0.2, 0) is 6.54 Å². The van der Waals surface area contributed by atoms with Gasteiger partial charge in [0.15, 0.2) is 0 Å². The molecule has 0 atom stereocenters. The molecule has 1 saturated heterocycles. The Labute approximate surface area is 89.5 Å². The standard InChI is InChI=1S/C10H16N4O/c1-15-10-7-12-9(6-13-10)8-14-4-2-11-3-5-14/h6-7,11H,2-5,8H2,1H3. The van der Waals surface area contributed by atoms with Gasteiger partial charge in [-0.15, -0.1) is 0 Å². The van der Waals surface area contributed by atoms with E-state index >= 15 is 0 Å². The predicted octanol–water partition coefficient (Wildman–Crippen LogP) is -0.110. The first-order valence-electron chi connectivity index (χ1n) is 5.16. The summed E-state index contributed by atoms with van der Waals surface area (Å²) in [5.41, 5.74) is 0.998. The molecule has 5 heteroatoms. The lowest BCUT2D eigenvalue weighted by Crippen LogP contribution is -2.43. The minimum Gasteiger partial charge on any atom is -0.480 e. The Balaban J connectivity index is 1.91. The Morgan fingerprint density at radius 2 is 2.13 bits per heavy atom. The summed E-state index contributed by atoms with van der Waals surface area (Å²) in [5, 5.41) is 3.32. The average molecular weight is 208 g/mol. The van der Waals surface area contributed by atoms with E-state index in [9.17, 15) is 0 Å². The van der Waals surface area contributed by atoms with Gasteiger partial charge in [0.2, 0.25) is 5.88 Å². The lowest BCUT2D eigenvalue weighted by molar-refractivity contribution is 0.230. The minimum atomic E-state index is 0.569. The van der Waals surface area contributed by atoms with Crippen LogP contribution in [0.4, 0.5) is 0 Å². The molecule has 2 rings (SSSR count). The number of nitrogens with zero attached hydrogens (tertiary/aromatic N) is 3. The van der Waals surface area contributed by atoms with Crippen LogP contribution in [0.25, 0.3) is 0 Å². The molecule has 0 spiro atoms. The Morgan fingerprint density at radius 1 is 1.33 bits per heavy atom. The van der Waals surface area contributed by atoms with Crippen LogP contribution in [0.2, 0.25) is 0 Å². The third-order valence-electron chi connectivity index (χ3n) is 2.49. The van der Waals surface area contributed by atoms with E-state index in [1.807, 2.05) is 0 Å². The van der Waals surface area contributed by atoms with E-state index in [1.54, 1.807) is 19.5 Å². The molecule has 0 unspecified atom stereocenters. The van der Waals surface area contributed by atoms with E-state index in [-0.39, 0.29) is 0 Å². The predicted molar refractivity (Wildman–Crippen MR) is 56.7 cm³/mol. The summed E-state index contributed by atoms with van der Waals surface area (Å²) >= 11 is 0. The maximum atomic E-state index is 4.96. The van der Waals surface area contributed by atoms with Gasteiger partial charge in [0.05, 0.1) is 25.2 Å². The maximum Gasteiger partial charge on any atom is 0.231 e. The van der Waals surface area contributed by atoms with Gasteiger partial charge in [-0.05, 0) is 0 Å². The molecule has 0 amide bonds. The highest BCUT2D eigenvalue weighted by Crippen LogP contribution is 2.05. The fourth-order valence-corrected chi connectivity index (χ4v) is 1.63. The summed E-state index contributed by atoms with van der Waals surface area (Å²) in [7, 11) is 1.60. The van der Waals surface area contributed by atoms with Gasteiger partial charge in [0.25, 0.3) is 0 Å². The molecule has 1 aromatic heterocycles. The van der Waals surface area contributed by atoms with Crippen LogP contribution >= 0.6 is 0 Å². The molecular weight excluding hydrogens is 192 g/mol. The summed E-state index contributed by atoms with van der Waals surface area (Å²) in [6.07, 6.45) is 3.44. The second-order valence-electron chi connectivity index (χ2n) is 3.58. The van der Waals surface area contributed by atoms with E-state index in [0.29, 0.717) is 5.88 Å². The van der Waals surface area contributed by atoms with E-state index in [4.69, 9.17) is 4.74 Å². The molecule has 5 nitrogen and oxygen atoms in total. The number of hydrogen-bond donors (Lipinski definition) is 1. The van der Waals surface area contributed by atoms with Crippen molar-refractivity contribution in [1.29, 1.82) is 0 Å². The molecule has 0 aliphatic carbocycles. The third-order valence-corrected chi connectivity index (χ3v) is 2.49. The number of piperazine rings is 1. The van der Waals surface area contributed by atoms with Gasteiger partial charge in [-0.2, -0.15) is 0 Å². The van der Waals surface area contributed by atoms with Crippen LogP contribution < -0.4 is 10.1 Å². The molecule has 1 fully saturated rings. The number of ether oxygens (including phenoxy) is 1. The molecule has 1 aliphatic rings. The van der Waals surface area contributed by atoms with E-state index in [2.05, 4.69) is 20.2 Å². The molecule has 0 aromatic carbocycles. The second kappa shape index (κ2) is 5.04. The van der Waals surface area contributed by atoms with Gasteiger partial charge < -0.3 is 10.1 Å². The number of methoxy groups -OCH3 is 1. The van der Waals surface area contributed by atoms with Gasteiger partial charge in [-0.1, -0.05) is 0 Å². The van der Waals surface area contributed by atoms with Gasteiger partial charge >= 0.3 is 0 Å². The fraction of sp³-hybridized carbons (Fsp3) is 0.600. The van der Waals surface area contributed by atoms with Crippen LogP contribution in [-0.4, -0.2) is 48.2 Å². The highest BCUT2D eigenvalue weighted by Gasteiger charge is 2.10. The van der Waals surface area contributed by atoms with E-state index in [0.717, 1.165) is 38.4 Å². The molecule has 0 bridgehead atoms. The fourth-order valence-electron chi connectivity index (χ4n) is 1.63. The van der Waals surface area contributed by atoms with Crippen LogP contribution in [0, 0.1) is 0 Å². The van der Waals surface area contributed by atoms with Crippen LogP contribution in [0.1, 0.15) is 5.69 Å². The van der Waals surface area contributed by atoms with Crippen molar-refractivity contribution in [3.63, 3.8) is 0 Å². The number of rotatable bonds is 3. The van der Waals surface area contributed by atoms with Crippen molar-refractivity contribution < 1.29 is 4.74 Å². The smallest absolute Gasteiger partial charge is 0.231 e. The van der Waals surface area contributed by atoms with Crippen molar-refractivity contribution in [1.82, 2.24) is 20.2 Å². The summed E-state index contributed by atoms with van der Waals surface area (Å²) in [6.45, 7) is 5.15. The quantitative estimate of drug-likeness (QED) is 0.751. The summed E-state index contributed by atoms with van der Waals surface area (Å²) in [4.78, 5) is 10.8. The van der Waals surface area contributed by atoms with Crippen molar-refractivity contribution in [2.75, 3.05) is 33.3 Å². The van der Waals surface area contributed by atoms with Gasteiger partial charge in [0.1, 0.15) is 0 Å². The number of nitrogens with one attached hydrogen (secondary N) is 1. The zero-order chi connectivity index (χ0) is 10.5. The normalized spacial score (nSPS) is 17.7. The van der Waals surface area contributed by atoms with Crippen molar-refractivity contribution in [3.8, 4) is 5.88 Å². The van der Waals surface area contributed by atoms with E-state index in [1.165, 1.54) is 0 Å². The largest absolute Gasteiger partial charge is 0.480 e. The number of aromatic nitrogens is 2. The first kappa shape index (κ1) is 10.3. The van der Waals surface area contributed by atoms with Crippen LogP contribution in [0.5, 0.6) is 5.88 Å². The zero-order valence-corrected chi connectivity index (χ0v) is 8.94. The average Bonchev–Trinajstić information content (AvgIpc) is 2.31. The minimum absolute atomic E-state index is 0.569. The highest BCUT2D eigenvalue weighted by atomic mass is 16.5. The molecule has 1 N–H and O–H groups in total. The number of hydrogen-bond acceptors (Lipinski definition) is 5. The Morgan fingerprint density at radius 3 is 2.73 bits per heavy atom. The van der Waals surface area contributed by atoms with Crippen molar-refractivity contribution in [3.05, 3.63) is 18.1 Å². The molecule has 2 heterocycles. The lowest BCUT2D eigenvalue weighted by Gasteiger charge is -2.26. The molecule has 82 valence electrons. The molecule has 15 heavy (non-hydrogen) atoms. The molecule has 1 aromatic rings. The van der Waals surface area contributed by atoms with Crippen molar-refractivity contribution >= 4 is 0 Å². The molecule has 0 saturated carbocycles. The van der Waals surface area contributed by atoms with Gasteiger partial charge in [-0.25, -0.2) is 4.98 Å². The SMILES string of the molecule is COc1cnc(CN2CCNCC2)cn1. The van der Waals surface area contributed by atoms with Crippen molar-refractivity contribution in [2.45, 2.75) is 6.54 Å².